The average Bonchev–Trinajstić information content (AvgIpc) is 2.05. The monoisotopic (exact) mass is 168 g/mol. The zero-order chi connectivity index (χ0) is 8.97. The van der Waals surface area contributed by atoms with E-state index in [1.165, 1.54) is 25.6 Å². The highest BCUT2D eigenvalue weighted by atomic mass is 16.6. The molecule has 1 aromatic rings. The van der Waals surface area contributed by atoms with Crippen molar-refractivity contribution >= 4 is 5.97 Å². The van der Waals surface area contributed by atoms with Crippen molar-refractivity contribution in [1.82, 2.24) is 9.97 Å². The first-order chi connectivity index (χ1) is 5.70. The third kappa shape index (κ3) is 2.28. The fourth-order valence-corrected chi connectivity index (χ4v) is 0.627. The molecule has 0 aliphatic heterocycles. The van der Waals surface area contributed by atoms with E-state index in [1.54, 1.807) is 0 Å². The predicted octanol–water partition coefficient (Wildman–Crippen LogP) is -0.0283. The molecule has 0 amide bonds. The molecule has 0 radical (unpaired) electrons. The van der Waals surface area contributed by atoms with E-state index in [-0.39, 0.29) is 5.56 Å². The number of aliphatic hydroxyl groups is 1. The summed E-state index contributed by atoms with van der Waals surface area (Å²) in [7, 11) is 0. The van der Waals surface area contributed by atoms with Gasteiger partial charge in [-0.05, 0) is 6.92 Å². The molecule has 0 saturated carbocycles. The van der Waals surface area contributed by atoms with E-state index >= 15 is 0 Å². The number of ether oxygens (including phenoxy) is 1. The van der Waals surface area contributed by atoms with Gasteiger partial charge in [0.25, 0.3) is 0 Å². The second-order valence-electron chi connectivity index (χ2n) is 2.13. The summed E-state index contributed by atoms with van der Waals surface area (Å²) in [5.74, 6) is -0.634. The maximum atomic E-state index is 11.0. The van der Waals surface area contributed by atoms with E-state index in [1.807, 2.05) is 0 Å². The van der Waals surface area contributed by atoms with Crippen LogP contribution in [0.3, 0.4) is 0 Å². The third-order valence-electron chi connectivity index (χ3n) is 1.07. The lowest BCUT2D eigenvalue weighted by atomic mass is 10.3. The minimum absolute atomic E-state index is 0.221. The molecule has 0 saturated heterocycles. The number of nitrogens with zero attached hydrogens (tertiary/aromatic N) is 2. The molecule has 0 aliphatic rings. The molecule has 12 heavy (non-hydrogen) atoms. The minimum atomic E-state index is -1.11. The first-order valence-electron chi connectivity index (χ1n) is 3.34. The van der Waals surface area contributed by atoms with Crippen LogP contribution in [0, 0.1) is 0 Å². The summed E-state index contributed by atoms with van der Waals surface area (Å²) < 4.78 is 4.47. The summed E-state index contributed by atoms with van der Waals surface area (Å²) in [6, 6.07) is 0. The van der Waals surface area contributed by atoms with Gasteiger partial charge in [-0.2, -0.15) is 0 Å². The molecule has 1 heterocycles. The highest BCUT2D eigenvalue weighted by molar-refractivity contribution is 5.88. The Morgan fingerprint density at radius 2 is 2.17 bits per heavy atom. The zero-order valence-corrected chi connectivity index (χ0v) is 6.47. The zero-order valence-electron chi connectivity index (χ0n) is 6.47. The van der Waals surface area contributed by atoms with Gasteiger partial charge in [0.05, 0.1) is 5.56 Å². The highest BCUT2D eigenvalue weighted by Gasteiger charge is 2.09. The Morgan fingerprint density at radius 1 is 1.58 bits per heavy atom. The van der Waals surface area contributed by atoms with E-state index in [0.29, 0.717) is 0 Å². The maximum Gasteiger partial charge on any atom is 0.343 e. The molecule has 0 fully saturated rings. The SMILES string of the molecule is CC(O)OC(=O)c1cncnc1. The first-order valence-corrected chi connectivity index (χ1v) is 3.34. The van der Waals surface area contributed by atoms with Crippen LogP contribution >= 0.6 is 0 Å². The van der Waals surface area contributed by atoms with Crippen LogP contribution < -0.4 is 0 Å². The number of rotatable bonds is 2. The van der Waals surface area contributed by atoms with Crippen molar-refractivity contribution < 1.29 is 14.6 Å². The molecular formula is C7H8N2O3. The number of carbonyl (C=O) groups is 1. The molecule has 0 bridgehead atoms. The van der Waals surface area contributed by atoms with E-state index in [9.17, 15) is 4.79 Å². The number of hydrogen-bond donors (Lipinski definition) is 1. The van der Waals surface area contributed by atoms with Crippen LogP contribution in [0.25, 0.3) is 0 Å². The van der Waals surface area contributed by atoms with Crippen LogP contribution in [0.5, 0.6) is 0 Å². The summed E-state index contributed by atoms with van der Waals surface area (Å²) in [5, 5.41) is 8.70. The second-order valence-corrected chi connectivity index (χ2v) is 2.13. The van der Waals surface area contributed by atoms with Gasteiger partial charge in [-0.3, -0.25) is 0 Å². The maximum absolute atomic E-state index is 11.0. The van der Waals surface area contributed by atoms with E-state index in [0.717, 1.165) is 0 Å². The van der Waals surface area contributed by atoms with Gasteiger partial charge in [0.1, 0.15) is 6.33 Å². The van der Waals surface area contributed by atoms with Crippen molar-refractivity contribution in [3.8, 4) is 0 Å². The molecule has 64 valence electrons. The van der Waals surface area contributed by atoms with E-state index in [4.69, 9.17) is 5.11 Å². The van der Waals surface area contributed by atoms with Gasteiger partial charge in [0, 0.05) is 12.4 Å². The fourth-order valence-electron chi connectivity index (χ4n) is 0.627. The highest BCUT2D eigenvalue weighted by Crippen LogP contribution is 1.98. The van der Waals surface area contributed by atoms with Gasteiger partial charge >= 0.3 is 5.97 Å². The lowest BCUT2D eigenvalue weighted by Crippen LogP contribution is -2.14. The Bertz CT molecular complexity index is 261. The van der Waals surface area contributed by atoms with Crippen molar-refractivity contribution in [3.63, 3.8) is 0 Å². The standard InChI is InChI=1S/C7H8N2O3/c1-5(10)12-7(11)6-2-8-4-9-3-6/h2-5,10H,1H3. The largest absolute Gasteiger partial charge is 0.433 e. The van der Waals surface area contributed by atoms with Crippen LogP contribution in [0.4, 0.5) is 0 Å². The smallest absolute Gasteiger partial charge is 0.343 e. The van der Waals surface area contributed by atoms with Crippen molar-refractivity contribution in [1.29, 1.82) is 0 Å². The minimum Gasteiger partial charge on any atom is -0.433 e. The van der Waals surface area contributed by atoms with Gasteiger partial charge in [-0.1, -0.05) is 0 Å². The molecule has 0 aromatic carbocycles. The van der Waals surface area contributed by atoms with Gasteiger partial charge in [0.2, 0.25) is 0 Å². The second kappa shape index (κ2) is 3.77. The molecule has 1 unspecified atom stereocenters. The molecule has 0 aliphatic carbocycles. The van der Waals surface area contributed by atoms with Gasteiger partial charge in [-0.25, -0.2) is 14.8 Å². The van der Waals surface area contributed by atoms with Crippen LogP contribution in [0.2, 0.25) is 0 Å². The van der Waals surface area contributed by atoms with Gasteiger partial charge in [-0.15, -0.1) is 0 Å². The summed E-state index contributed by atoms with van der Waals surface area (Å²) in [5.41, 5.74) is 0.221. The summed E-state index contributed by atoms with van der Waals surface area (Å²) >= 11 is 0. The Morgan fingerprint density at radius 3 is 2.67 bits per heavy atom. The summed E-state index contributed by atoms with van der Waals surface area (Å²) in [6.45, 7) is 1.35. The molecule has 1 atom stereocenters. The van der Waals surface area contributed by atoms with Crippen molar-refractivity contribution in [2.75, 3.05) is 0 Å². The van der Waals surface area contributed by atoms with E-state index < -0.39 is 12.3 Å². The molecule has 0 spiro atoms. The topological polar surface area (TPSA) is 72.3 Å². The summed E-state index contributed by atoms with van der Waals surface area (Å²) in [4.78, 5) is 18.2. The van der Waals surface area contributed by atoms with E-state index in [2.05, 4.69) is 14.7 Å². The molecule has 1 rings (SSSR count). The Balaban J connectivity index is 2.66. The fraction of sp³-hybridized carbons (Fsp3) is 0.286. The molecule has 1 aromatic heterocycles. The summed E-state index contributed by atoms with van der Waals surface area (Å²) in [6.07, 6.45) is 2.83. The first kappa shape index (κ1) is 8.61. The lowest BCUT2D eigenvalue weighted by Gasteiger charge is -2.05. The molecule has 1 N–H and O–H groups in total. The Kier molecular flexibility index (Phi) is 2.71. The number of carbonyl (C=O) groups excluding carboxylic acids is 1. The molecule has 5 heteroatoms. The van der Waals surface area contributed by atoms with Crippen LogP contribution in [0.15, 0.2) is 18.7 Å². The number of esters is 1. The number of aliphatic hydroxyl groups excluding tert-OH is 1. The Labute approximate surface area is 69.0 Å². The number of hydrogen-bond acceptors (Lipinski definition) is 5. The predicted molar refractivity (Wildman–Crippen MR) is 39.1 cm³/mol. The normalized spacial score (nSPS) is 12.2. The van der Waals surface area contributed by atoms with Crippen LogP contribution in [0.1, 0.15) is 17.3 Å². The molecule has 5 nitrogen and oxygen atoms in total. The van der Waals surface area contributed by atoms with Crippen LogP contribution in [-0.4, -0.2) is 27.3 Å². The molecular weight excluding hydrogens is 160 g/mol. The average molecular weight is 168 g/mol. The quantitative estimate of drug-likeness (QED) is 0.496. The Hall–Kier alpha value is -1.49. The van der Waals surface area contributed by atoms with Crippen LogP contribution in [-0.2, 0) is 4.74 Å². The number of aromatic nitrogens is 2. The van der Waals surface area contributed by atoms with Crippen molar-refractivity contribution in [2.45, 2.75) is 13.2 Å². The van der Waals surface area contributed by atoms with Gasteiger partial charge in [0.15, 0.2) is 6.29 Å². The van der Waals surface area contributed by atoms with Crippen molar-refractivity contribution in [3.05, 3.63) is 24.3 Å². The van der Waals surface area contributed by atoms with Gasteiger partial charge < -0.3 is 9.84 Å². The lowest BCUT2D eigenvalue weighted by molar-refractivity contribution is -0.0523. The van der Waals surface area contributed by atoms with Crippen molar-refractivity contribution in [2.24, 2.45) is 0 Å². The third-order valence-corrected chi connectivity index (χ3v) is 1.07.